The zero-order valence-corrected chi connectivity index (χ0v) is 20.7. The zero-order valence-electron chi connectivity index (χ0n) is 18.3. The molecule has 3 aromatic heterocycles. The number of aromatic nitrogens is 4. The third kappa shape index (κ3) is 5.20. The minimum Gasteiger partial charge on any atom is -0.461 e. The van der Waals surface area contributed by atoms with Gasteiger partial charge in [0.2, 0.25) is 5.82 Å². The lowest BCUT2D eigenvalue weighted by atomic mass is 10.3. The van der Waals surface area contributed by atoms with Gasteiger partial charge in [-0.25, -0.2) is 4.98 Å². The molecule has 0 unspecified atom stereocenters. The van der Waals surface area contributed by atoms with Crippen molar-refractivity contribution in [2.75, 3.05) is 26.2 Å². The van der Waals surface area contributed by atoms with Crippen molar-refractivity contribution < 1.29 is 9.21 Å². The molecule has 11 heteroatoms. The minimum absolute atomic E-state index is 0.133. The molecule has 0 aliphatic carbocycles. The molecule has 1 N–H and O–H groups in total. The third-order valence-electron chi connectivity index (χ3n) is 5.49. The molecule has 1 aromatic carbocycles. The molecule has 1 amide bonds. The summed E-state index contributed by atoms with van der Waals surface area (Å²) in [5.74, 6) is 1.58. The van der Waals surface area contributed by atoms with Crippen LogP contribution in [0.3, 0.4) is 0 Å². The van der Waals surface area contributed by atoms with E-state index in [1.54, 1.807) is 17.7 Å². The topological polar surface area (TPSA) is 89.1 Å². The van der Waals surface area contributed by atoms with Crippen LogP contribution >= 0.6 is 34.7 Å². The van der Waals surface area contributed by atoms with Crippen LogP contribution in [0.5, 0.6) is 0 Å². The van der Waals surface area contributed by atoms with E-state index >= 15 is 0 Å². The van der Waals surface area contributed by atoms with Crippen LogP contribution in [0.25, 0.3) is 17.3 Å². The Balaban J connectivity index is 1.27. The summed E-state index contributed by atoms with van der Waals surface area (Å²) in [7, 11) is 0. The number of nitrogens with one attached hydrogen (secondary N) is 1. The summed E-state index contributed by atoms with van der Waals surface area (Å²) >= 11 is 9.43. The van der Waals surface area contributed by atoms with Crippen molar-refractivity contribution >= 4 is 40.6 Å². The number of hydrogen-bond acceptors (Lipinski definition) is 8. The molecule has 4 heterocycles. The highest BCUT2D eigenvalue weighted by molar-refractivity contribution is 7.98. The summed E-state index contributed by atoms with van der Waals surface area (Å²) in [6, 6.07) is 11.2. The highest BCUT2D eigenvalue weighted by Crippen LogP contribution is 2.33. The number of amides is 1. The highest BCUT2D eigenvalue weighted by Gasteiger charge is 2.20. The maximum atomic E-state index is 12.5. The number of carbonyl (C=O) groups is 1. The van der Waals surface area contributed by atoms with Gasteiger partial charge in [-0.05, 0) is 50.2 Å². The van der Waals surface area contributed by atoms with E-state index in [1.165, 1.54) is 35.9 Å². The number of thioether (sulfide) groups is 1. The molecule has 0 spiro atoms. The fourth-order valence-corrected chi connectivity index (χ4v) is 5.77. The second kappa shape index (κ2) is 10.7. The monoisotopic (exact) mass is 514 g/mol. The minimum atomic E-state index is -0.133. The summed E-state index contributed by atoms with van der Waals surface area (Å²) in [5.41, 5.74) is 1.21. The first kappa shape index (κ1) is 23.1. The first-order chi connectivity index (χ1) is 16.7. The average Bonchev–Trinajstić information content (AvgIpc) is 3.65. The van der Waals surface area contributed by atoms with E-state index in [-0.39, 0.29) is 5.91 Å². The largest absolute Gasteiger partial charge is 0.461 e. The number of para-hydroxylation sites is 1. The molecule has 1 fully saturated rings. The fraction of sp³-hybridized carbons (Fsp3) is 0.304. The summed E-state index contributed by atoms with van der Waals surface area (Å²) in [4.78, 5) is 19.4. The summed E-state index contributed by atoms with van der Waals surface area (Å²) in [6.07, 6.45) is 4.09. The molecule has 0 bridgehead atoms. The number of benzene rings is 1. The number of likely N-dealkylation sites (tertiary alicyclic amines) is 1. The van der Waals surface area contributed by atoms with E-state index in [4.69, 9.17) is 16.0 Å². The van der Waals surface area contributed by atoms with Crippen molar-refractivity contribution in [2.45, 2.75) is 23.8 Å². The van der Waals surface area contributed by atoms with E-state index in [1.807, 2.05) is 34.9 Å². The average molecular weight is 515 g/mol. The van der Waals surface area contributed by atoms with Gasteiger partial charge in [-0.1, -0.05) is 35.5 Å². The molecule has 4 aromatic rings. The molecule has 1 saturated heterocycles. The molecule has 1 aliphatic rings. The molecule has 5 rings (SSSR count). The number of rotatable bonds is 9. The lowest BCUT2D eigenvalue weighted by Crippen LogP contribution is -2.33. The first-order valence-corrected chi connectivity index (χ1v) is 13.3. The number of nitrogens with zero attached hydrogens (tertiary/aromatic N) is 5. The van der Waals surface area contributed by atoms with Crippen molar-refractivity contribution in [3.8, 4) is 17.3 Å². The number of hydrogen-bond donors (Lipinski definition) is 1. The van der Waals surface area contributed by atoms with Gasteiger partial charge in [0.1, 0.15) is 10.7 Å². The standard InChI is InChI=1S/C23H23ClN6O2S2/c24-16-6-1-2-7-18(16)30-21(19-8-5-13-32-19)27-28-23(30)34-15-20-26-17(14-33-20)22(31)25-9-12-29-10-3-4-11-29/h1-2,5-8,13-14H,3-4,9-12,15H2,(H,25,31). The quantitative estimate of drug-likeness (QED) is 0.322. The second-order valence-corrected chi connectivity index (χ2v) is 10.1. The lowest BCUT2D eigenvalue weighted by molar-refractivity contribution is 0.0945. The Labute approximate surface area is 210 Å². The Morgan fingerprint density at radius 3 is 2.82 bits per heavy atom. The predicted molar refractivity (Wildman–Crippen MR) is 134 cm³/mol. The van der Waals surface area contributed by atoms with Crippen LogP contribution in [0, 0.1) is 0 Å². The third-order valence-corrected chi connectivity index (χ3v) is 7.78. The molecule has 8 nitrogen and oxygen atoms in total. The fourth-order valence-electron chi connectivity index (χ4n) is 3.81. The number of thiazole rings is 1. The van der Waals surface area contributed by atoms with Crippen molar-refractivity contribution in [3.05, 3.63) is 63.8 Å². The Hall–Kier alpha value is -2.66. The number of carbonyl (C=O) groups excluding carboxylic acids is 1. The van der Waals surface area contributed by atoms with Crippen molar-refractivity contribution in [2.24, 2.45) is 0 Å². The maximum absolute atomic E-state index is 12.5. The predicted octanol–water partition coefficient (Wildman–Crippen LogP) is 4.76. The van der Waals surface area contributed by atoms with Crippen LogP contribution in [0.1, 0.15) is 28.3 Å². The first-order valence-electron chi connectivity index (χ1n) is 11.0. The van der Waals surface area contributed by atoms with Gasteiger partial charge in [-0.3, -0.25) is 9.36 Å². The van der Waals surface area contributed by atoms with E-state index in [9.17, 15) is 4.79 Å². The number of halogens is 1. The Kier molecular flexibility index (Phi) is 7.29. The second-order valence-electron chi connectivity index (χ2n) is 7.79. The van der Waals surface area contributed by atoms with Crippen molar-refractivity contribution in [3.63, 3.8) is 0 Å². The summed E-state index contributed by atoms with van der Waals surface area (Å²) < 4.78 is 7.44. The van der Waals surface area contributed by atoms with Gasteiger partial charge in [0, 0.05) is 18.5 Å². The van der Waals surface area contributed by atoms with Crippen LogP contribution in [0.2, 0.25) is 5.02 Å². The van der Waals surface area contributed by atoms with E-state index in [0.717, 1.165) is 30.3 Å². The van der Waals surface area contributed by atoms with Crippen LogP contribution in [0.15, 0.2) is 57.6 Å². The van der Waals surface area contributed by atoms with Crippen LogP contribution < -0.4 is 5.32 Å². The van der Waals surface area contributed by atoms with Gasteiger partial charge >= 0.3 is 0 Å². The Morgan fingerprint density at radius 2 is 2.03 bits per heavy atom. The molecule has 176 valence electrons. The molecule has 0 radical (unpaired) electrons. The van der Waals surface area contributed by atoms with Crippen molar-refractivity contribution in [1.82, 2.24) is 30.0 Å². The molecular formula is C23H23ClN6O2S2. The molecule has 0 saturated carbocycles. The van der Waals surface area contributed by atoms with E-state index < -0.39 is 0 Å². The Morgan fingerprint density at radius 1 is 1.18 bits per heavy atom. The molecule has 0 atom stereocenters. The van der Waals surface area contributed by atoms with Gasteiger partial charge in [0.25, 0.3) is 5.91 Å². The number of furan rings is 1. The maximum Gasteiger partial charge on any atom is 0.270 e. The van der Waals surface area contributed by atoms with Crippen LogP contribution in [-0.4, -0.2) is 56.7 Å². The zero-order chi connectivity index (χ0) is 23.3. The molecule has 1 aliphatic heterocycles. The van der Waals surface area contributed by atoms with Gasteiger partial charge in [0.15, 0.2) is 10.9 Å². The Bertz CT molecular complexity index is 1250. The van der Waals surface area contributed by atoms with Gasteiger partial charge < -0.3 is 14.6 Å². The smallest absolute Gasteiger partial charge is 0.270 e. The van der Waals surface area contributed by atoms with Crippen molar-refractivity contribution in [1.29, 1.82) is 0 Å². The lowest BCUT2D eigenvalue weighted by Gasteiger charge is -2.14. The molecular weight excluding hydrogens is 492 g/mol. The van der Waals surface area contributed by atoms with Crippen LogP contribution in [0.4, 0.5) is 0 Å². The van der Waals surface area contributed by atoms with Crippen LogP contribution in [-0.2, 0) is 5.75 Å². The SMILES string of the molecule is O=C(NCCN1CCCC1)c1csc(CSc2nnc(-c3ccco3)n2-c2ccccc2Cl)n1. The van der Waals surface area contributed by atoms with E-state index in [2.05, 4.69) is 25.4 Å². The highest BCUT2D eigenvalue weighted by atomic mass is 35.5. The molecule has 34 heavy (non-hydrogen) atoms. The van der Waals surface area contributed by atoms with Gasteiger partial charge in [-0.2, -0.15) is 0 Å². The summed E-state index contributed by atoms with van der Waals surface area (Å²) in [6.45, 7) is 3.76. The van der Waals surface area contributed by atoms with E-state index in [0.29, 0.717) is 39.8 Å². The van der Waals surface area contributed by atoms with Gasteiger partial charge in [-0.15, -0.1) is 21.5 Å². The normalized spacial score (nSPS) is 14.0. The summed E-state index contributed by atoms with van der Waals surface area (Å²) in [5, 5.41) is 15.6. The van der Waals surface area contributed by atoms with Gasteiger partial charge in [0.05, 0.1) is 22.7 Å².